The van der Waals surface area contributed by atoms with Gasteiger partial charge in [0.25, 0.3) is 0 Å². The molecule has 0 aliphatic rings. The molecular formula is C10H6N2O2. The number of nitrogens with zero attached hydrogens (tertiary/aromatic N) is 2. The third kappa shape index (κ3) is 1.26. The summed E-state index contributed by atoms with van der Waals surface area (Å²) in [5.41, 5.74) is 0.751. The Morgan fingerprint density at radius 2 is 1.29 bits per heavy atom. The molecule has 2 aromatic rings. The minimum atomic E-state index is 0.375. The predicted octanol–water partition coefficient (Wildman–Crippen LogP) is 1.25. The highest BCUT2D eigenvalue weighted by molar-refractivity contribution is 5.97. The fraction of sp³-hybridized carbons (Fsp3) is 0. The fourth-order valence-corrected chi connectivity index (χ4v) is 1.29. The zero-order valence-electron chi connectivity index (χ0n) is 7.18. The summed E-state index contributed by atoms with van der Waals surface area (Å²) < 4.78 is 0. The Bertz CT molecular complexity index is 462. The van der Waals surface area contributed by atoms with Crippen LogP contribution in [-0.2, 0) is 0 Å². The lowest BCUT2D eigenvalue weighted by molar-refractivity contribution is 0.109. The van der Waals surface area contributed by atoms with Crippen molar-refractivity contribution in [2.75, 3.05) is 0 Å². The van der Waals surface area contributed by atoms with Crippen LogP contribution < -0.4 is 0 Å². The summed E-state index contributed by atoms with van der Waals surface area (Å²) in [7, 11) is 0. The van der Waals surface area contributed by atoms with E-state index in [-0.39, 0.29) is 0 Å². The lowest BCUT2D eigenvalue weighted by Gasteiger charge is -1.99. The first-order chi connectivity index (χ1) is 6.85. The molecule has 0 atom stereocenters. The quantitative estimate of drug-likeness (QED) is 0.662. The number of rotatable bonds is 2. The van der Waals surface area contributed by atoms with Gasteiger partial charge in [-0.3, -0.25) is 9.59 Å². The number of benzene rings is 1. The van der Waals surface area contributed by atoms with Gasteiger partial charge in [-0.1, -0.05) is 0 Å². The molecule has 0 radical (unpaired) electrons. The molecule has 0 saturated heterocycles. The van der Waals surface area contributed by atoms with E-state index in [1.54, 1.807) is 24.5 Å². The number of carbonyl (C=O) groups excluding carboxylic acids is 2. The Kier molecular flexibility index (Phi) is 2.02. The van der Waals surface area contributed by atoms with Gasteiger partial charge >= 0.3 is 0 Å². The molecule has 4 nitrogen and oxygen atoms in total. The molecule has 0 aliphatic carbocycles. The van der Waals surface area contributed by atoms with Crippen molar-refractivity contribution in [1.29, 1.82) is 0 Å². The summed E-state index contributed by atoms with van der Waals surface area (Å²) in [6.07, 6.45) is 4.42. The Morgan fingerprint density at radius 1 is 0.857 bits per heavy atom. The van der Waals surface area contributed by atoms with Gasteiger partial charge in [-0.2, -0.15) is 10.2 Å². The molecule has 0 amide bonds. The smallest absolute Gasteiger partial charge is 0.150 e. The number of hydrogen-bond donors (Lipinski definition) is 0. The molecule has 0 fully saturated rings. The van der Waals surface area contributed by atoms with Gasteiger partial charge < -0.3 is 0 Å². The zero-order valence-corrected chi connectivity index (χ0v) is 7.18. The fourth-order valence-electron chi connectivity index (χ4n) is 1.29. The Hall–Kier alpha value is -2.10. The van der Waals surface area contributed by atoms with E-state index < -0.39 is 0 Å². The third-order valence-electron chi connectivity index (χ3n) is 2.00. The second kappa shape index (κ2) is 3.33. The Morgan fingerprint density at radius 3 is 1.64 bits per heavy atom. The SMILES string of the molecule is O=Cc1cc2cnncc2cc1C=O. The van der Waals surface area contributed by atoms with Gasteiger partial charge in [-0.15, -0.1) is 0 Å². The first-order valence-electron chi connectivity index (χ1n) is 4.00. The first kappa shape index (κ1) is 8.50. The van der Waals surface area contributed by atoms with Crippen LogP contribution in [-0.4, -0.2) is 22.8 Å². The summed E-state index contributed by atoms with van der Waals surface area (Å²) in [6.45, 7) is 0. The number of aldehydes is 2. The molecule has 0 spiro atoms. The lowest BCUT2D eigenvalue weighted by atomic mass is 10.1. The molecule has 0 saturated carbocycles. The highest BCUT2D eigenvalue weighted by atomic mass is 16.1. The van der Waals surface area contributed by atoms with E-state index in [9.17, 15) is 9.59 Å². The van der Waals surface area contributed by atoms with Crippen LogP contribution in [0.15, 0.2) is 24.5 Å². The zero-order chi connectivity index (χ0) is 9.97. The van der Waals surface area contributed by atoms with E-state index in [1.807, 2.05) is 0 Å². The van der Waals surface area contributed by atoms with E-state index in [2.05, 4.69) is 10.2 Å². The summed E-state index contributed by atoms with van der Waals surface area (Å²) in [5.74, 6) is 0. The van der Waals surface area contributed by atoms with E-state index in [0.29, 0.717) is 23.7 Å². The van der Waals surface area contributed by atoms with Crippen molar-refractivity contribution in [1.82, 2.24) is 10.2 Å². The second-order valence-corrected chi connectivity index (χ2v) is 2.83. The van der Waals surface area contributed by atoms with Crippen LogP contribution in [0.25, 0.3) is 10.8 Å². The van der Waals surface area contributed by atoms with E-state index in [0.717, 1.165) is 10.8 Å². The normalized spacial score (nSPS) is 10.0. The molecule has 1 aromatic carbocycles. The van der Waals surface area contributed by atoms with Crippen LogP contribution in [0.3, 0.4) is 0 Å². The molecule has 1 heterocycles. The number of fused-ring (bicyclic) bond motifs is 1. The summed E-state index contributed by atoms with van der Waals surface area (Å²) in [4.78, 5) is 21.3. The maximum absolute atomic E-state index is 10.6. The van der Waals surface area contributed by atoms with Crippen molar-refractivity contribution in [3.8, 4) is 0 Å². The third-order valence-corrected chi connectivity index (χ3v) is 2.00. The average molecular weight is 186 g/mol. The van der Waals surface area contributed by atoms with Crippen molar-refractivity contribution in [2.24, 2.45) is 0 Å². The van der Waals surface area contributed by atoms with Crippen molar-refractivity contribution in [3.05, 3.63) is 35.7 Å². The van der Waals surface area contributed by atoms with Crippen LogP contribution >= 0.6 is 0 Å². The van der Waals surface area contributed by atoms with Gasteiger partial charge in [0, 0.05) is 21.9 Å². The largest absolute Gasteiger partial charge is 0.298 e. The van der Waals surface area contributed by atoms with Gasteiger partial charge in [0.15, 0.2) is 12.6 Å². The maximum Gasteiger partial charge on any atom is 0.150 e. The summed E-state index contributed by atoms with van der Waals surface area (Å²) in [5, 5.41) is 8.98. The average Bonchev–Trinajstić information content (AvgIpc) is 2.27. The highest BCUT2D eigenvalue weighted by Crippen LogP contribution is 2.15. The molecule has 14 heavy (non-hydrogen) atoms. The monoisotopic (exact) mass is 186 g/mol. The van der Waals surface area contributed by atoms with Gasteiger partial charge in [-0.25, -0.2) is 0 Å². The molecule has 0 aliphatic heterocycles. The van der Waals surface area contributed by atoms with E-state index >= 15 is 0 Å². The summed E-state index contributed by atoms with van der Waals surface area (Å²) in [6, 6.07) is 3.25. The molecular weight excluding hydrogens is 180 g/mol. The van der Waals surface area contributed by atoms with Crippen LogP contribution in [0.5, 0.6) is 0 Å². The van der Waals surface area contributed by atoms with Crippen molar-refractivity contribution in [3.63, 3.8) is 0 Å². The van der Waals surface area contributed by atoms with Gasteiger partial charge in [-0.05, 0) is 12.1 Å². The van der Waals surface area contributed by atoms with Gasteiger partial charge in [0.2, 0.25) is 0 Å². The first-order valence-corrected chi connectivity index (χ1v) is 4.00. The molecule has 1 aromatic heterocycles. The molecule has 0 bridgehead atoms. The van der Waals surface area contributed by atoms with Crippen LogP contribution in [0, 0.1) is 0 Å². The van der Waals surface area contributed by atoms with E-state index in [4.69, 9.17) is 0 Å². The lowest BCUT2D eigenvalue weighted by Crippen LogP contribution is -1.92. The van der Waals surface area contributed by atoms with Crippen LogP contribution in [0.4, 0.5) is 0 Å². The van der Waals surface area contributed by atoms with Crippen molar-refractivity contribution in [2.45, 2.75) is 0 Å². The highest BCUT2D eigenvalue weighted by Gasteiger charge is 2.03. The molecule has 0 unspecified atom stereocenters. The van der Waals surface area contributed by atoms with Crippen LogP contribution in [0.2, 0.25) is 0 Å². The second-order valence-electron chi connectivity index (χ2n) is 2.83. The minimum Gasteiger partial charge on any atom is -0.298 e. The number of aromatic nitrogens is 2. The number of carbonyl (C=O) groups is 2. The Balaban J connectivity index is 2.81. The Labute approximate surface area is 79.6 Å². The maximum atomic E-state index is 10.6. The molecule has 2 rings (SSSR count). The molecule has 68 valence electrons. The predicted molar refractivity (Wildman–Crippen MR) is 50.3 cm³/mol. The number of hydrogen-bond acceptors (Lipinski definition) is 4. The van der Waals surface area contributed by atoms with Crippen molar-refractivity contribution < 1.29 is 9.59 Å². The van der Waals surface area contributed by atoms with Crippen molar-refractivity contribution >= 4 is 23.3 Å². The van der Waals surface area contributed by atoms with Gasteiger partial charge in [0.1, 0.15) is 0 Å². The summed E-state index contributed by atoms with van der Waals surface area (Å²) >= 11 is 0. The molecule has 0 N–H and O–H groups in total. The minimum absolute atomic E-state index is 0.375. The molecule has 4 heteroatoms. The van der Waals surface area contributed by atoms with Gasteiger partial charge in [0.05, 0.1) is 12.4 Å². The van der Waals surface area contributed by atoms with Crippen LogP contribution in [0.1, 0.15) is 20.7 Å². The topological polar surface area (TPSA) is 59.9 Å². The standard InChI is InChI=1S/C10H6N2O2/c13-5-9-1-7-3-11-12-4-8(7)2-10(9)6-14/h1-6H. The van der Waals surface area contributed by atoms with E-state index in [1.165, 1.54) is 0 Å².